The van der Waals surface area contributed by atoms with Gasteiger partial charge in [0.15, 0.2) is 5.82 Å². The molecule has 0 saturated carbocycles. The molecule has 0 bridgehead atoms. The van der Waals surface area contributed by atoms with Gasteiger partial charge in [-0.2, -0.15) is 5.10 Å². The zero-order valence-electron chi connectivity index (χ0n) is 20.3. The van der Waals surface area contributed by atoms with Crippen molar-refractivity contribution in [2.45, 2.75) is 39.5 Å². The summed E-state index contributed by atoms with van der Waals surface area (Å²) in [5.41, 5.74) is 3.48. The molecule has 184 valence electrons. The molecule has 0 spiro atoms. The highest BCUT2D eigenvalue weighted by Gasteiger charge is 2.30. The number of rotatable bonds is 8. The second-order valence-electron chi connectivity index (χ2n) is 8.83. The predicted molar refractivity (Wildman–Crippen MR) is 140 cm³/mol. The highest BCUT2D eigenvalue weighted by atomic mass is 35.5. The van der Waals surface area contributed by atoms with Crippen LogP contribution in [0.25, 0.3) is 5.69 Å². The minimum absolute atomic E-state index is 0.0413. The first kappa shape index (κ1) is 24.8. The first-order valence-electron chi connectivity index (χ1n) is 12.2. The van der Waals surface area contributed by atoms with Crippen LogP contribution in [0.1, 0.15) is 37.4 Å². The molecule has 1 saturated heterocycles. The van der Waals surface area contributed by atoms with E-state index in [0.29, 0.717) is 32.5 Å². The van der Waals surface area contributed by atoms with E-state index in [-0.39, 0.29) is 17.7 Å². The second-order valence-corrected chi connectivity index (χ2v) is 9.23. The molecule has 35 heavy (non-hydrogen) atoms. The monoisotopic (exact) mass is 493 g/mol. The summed E-state index contributed by atoms with van der Waals surface area (Å²) in [4.78, 5) is 27.3. The van der Waals surface area contributed by atoms with Gasteiger partial charge in [-0.1, -0.05) is 54.9 Å². The number of hydrogen-bond donors (Lipinski definition) is 2. The molecular weight excluding hydrogens is 462 g/mol. The lowest BCUT2D eigenvalue weighted by Gasteiger charge is -2.33. The lowest BCUT2D eigenvalue weighted by atomic mass is 9.95. The molecule has 0 atom stereocenters. The SMILES string of the molecule is CCC(=O)Nc1c(C)nn(-c2ccccc2)c1N1CCC(C(=O)NCCc2ccccc2Cl)CC1. The van der Waals surface area contributed by atoms with Crippen molar-refractivity contribution in [1.82, 2.24) is 15.1 Å². The fraction of sp³-hybridized carbons (Fsp3) is 0.370. The zero-order chi connectivity index (χ0) is 24.8. The van der Waals surface area contributed by atoms with Crippen LogP contribution in [-0.4, -0.2) is 41.2 Å². The highest BCUT2D eigenvalue weighted by Crippen LogP contribution is 2.35. The van der Waals surface area contributed by atoms with E-state index in [2.05, 4.69) is 15.5 Å². The van der Waals surface area contributed by atoms with Crippen LogP contribution in [0.2, 0.25) is 5.02 Å². The van der Waals surface area contributed by atoms with Crippen molar-refractivity contribution in [1.29, 1.82) is 0 Å². The number of amides is 2. The Morgan fingerprint density at radius 3 is 2.43 bits per heavy atom. The van der Waals surface area contributed by atoms with Gasteiger partial charge < -0.3 is 15.5 Å². The summed E-state index contributed by atoms with van der Waals surface area (Å²) >= 11 is 6.22. The van der Waals surface area contributed by atoms with E-state index >= 15 is 0 Å². The molecule has 2 amide bonds. The van der Waals surface area contributed by atoms with Crippen LogP contribution >= 0.6 is 11.6 Å². The number of halogens is 1. The van der Waals surface area contributed by atoms with Gasteiger partial charge in [-0.25, -0.2) is 4.68 Å². The third-order valence-electron chi connectivity index (χ3n) is 6.44. The van der Waals surface area contributed by atoms with Crippen molar-refractivity contribution in [3.63, 3.8) is 0 Å². The van der Waals surface area contributed by atoms with Crippen LogP contribution in [-0.2, 0) is 16.0 Å². The number of nitrogens with one attached hydrogen (secondary N) is 2. The number of benzene rings is 2. The molecule has 2 aromatic carbocycles. The second kappa shape index (κ2) is 11.4. The molecule has 1 aliphatic rings. The Labute approximate surface area is 211 Å². The summed E-state index contributed by atoms with van der Waals surface area (Å²) in [6.07, 6.45) is 2.57. The molecule has 4 rings (SSSR count). The number of para-hydroxylation sites is 1. The smallest absolute Gasteiger partial charge is 0.224 e. The van der Waals surface area contributed by atoms with E-state index in [9.17, 15) is 9.59 Å². The maximum atomic E-state index is 12.8. The molecule has 0 radical (unpaired) electrons. The van der Waals surface area contributed by atoms with Crippen molar-refractivity contribution in [3.05, 3.63) is 70.9 Å². The quantitative estimate of drug-likeness (QED) is 0.474. The average molecular weight is 494 g/mol. The molecule has 3 aromatic rings. The number of anilines is 2. The van der Waals surface area contributed by atoms with Crippen LogP contribution in [0, 0.1) is 12.8 Å². The largest absolute Gasteiger partial charge is 0.356 e. The molecule has 1 aliphatic heterocycles. The van der Waals surface area contributed by atoms with Gasteiger partial charge in [0.2, 0.25) is 11.8 Å². The Balaban J connectivity index is 1.44. The van der Waals surface area contributed by atoms with Gasteiger partial charge in [-0.3, -0.25) is 9.59 Å². The van der Waals surface area contributed by atoms with Crippen LogP contribution in [0.3, 0.4) is 0 Å². The standard InChI is InChI=1S/C27H32ClN5O2/c1-3-24(34)30-25-19(2)31-33(22-10-5-4-6-11-22)27(25)32-17-14-21(15-18-32)26(35)29-16-13-20-9-7-8-12-23(20)28/h4-12,21H,3,13-18H2,1-2H3,(H,29,35)(H,30,34). The third kappa shape index (κ3) is 5.85. The molecule has 0 aliphatic carbocycles. The number of aryl methyl sites for hydroxylation is 1. The van der Waals surface area contributed by atoms with Gasteiger partial charge in [0.25, 0.3) is 0 Å². The van der Waals surface area contributed by atoms with Gasteiger partial charge in [-0.15, -0.1) is 0 Å². The number of aromatic nitrogens is 2. The van der Waals surface area contributed by atoms with Crippen molar-refractivity contribution < 1.29 is 9.59 Å². The first-order chi connectivity index (χ1) is 17.0. The maximum Gasteiger partial charge on any atom is 0.224 e. The molecule has 7 nitrogen and oxygen atoms in total. The molecule has 2 N–H and O–H groups in total. The molecule has 2 heterocycles. The van der Waals surface area contributed by atoms with Crippen LogP contribution in [0.15, 0.2) is 54.6 Å². The normalized spacial score (nSPS) is 14.1. The lowest BCUT2D eigenvalue weighted by Crippen LogP contribution is -2.42. The van der Waals surface area contributed by atoms with E-state index in [1.54, 1.807) is 0 Å². The minimum Gasteiger partial charge on any atom is -0.356 e. The Kier molecular flexibility index (Phi) is 8.08. The Morgan fingerprint density at radius 1 is 1.06 bits per heavy atom. The van der Waals surface area contributed by atoms with E-state index in [1.807, 2.05) is 73.1 Å². The summed E-state index contributed by atoms with van der Waals surface area (Å²) in [6.45, 7) is 5.72. The first-order valence-corrected chi connectivity index (χ1v) is 12.6. The summed E-state index contributed by atoms with van der Waals surface area (Å²) in [7, 11) is 0. The van der Waals surface area contributed by atoms with E-state index in [4.69, 9.17) is 16.7 Å². The van der Waals surface area contributed by atoms with Crippen molar-refractivity contribution in [2.75, 3.05) is 29.9 Å². The van der Waals surface area contributed by atoms with Crippen molar-refractivity contribution in [2.24, 2.45) is 5.92 Å². The van der Waals surface area contributed by atoms with Gasteiger partial charge in [0, 0.05) is 37.0 Å². The zero-order valence-corrected chi connectivity index (χ0v) is 21.0. The predicted octanol–water partition coefficient (Wildman–Crippen LogP) is 4.76. The molecule has 0 unspecified atom stereocenters. The van der Waals surface area contributed by atoms with Crippen molar-refractivity contribution >= 4 is 34.9 Å². The van der Waals surface area contributed by atoms with Crippen LogP contribution < -0.4 is 15.5 Å². The fourth-order valence-electron chi connectivity index (χ4n) is 4.45. The van der Waals surface area contributed by atoms with Crippen LogP contribution in [0.4, 0.5) is 11.5 Å². The third-order valence-corrected chi connectivity index (χ3v) is 6.81. The molecular formula is C27H32ClN5O2. The number of piperidine rings is 1. The van der Waals surface area contributed by atoms with Gasteiger partial charge in [-0.05, 0) is 49.9 Å². The molecule has 1 aromatic heterocycles. The van der Waals surface area contributed by atoms with Gasteiger partial charge >= 0.3 is 0 Å². The van der Waals surface area contributed by atoms with Crippen LogP contribution in [0.5, 0.6) is 0 Å². The van der Waals surface area contributed by atoms with E-state index in [1.165, 1.54) is 0 Å². The average Bonchev–Trinajstić information content (AvgIpc) is 3.21. The number of carbonyl (C=O) groups is 2. The summed E-state index contributed by atoms with van der Waals surface area (Å²) < 4.78 is 1.89. The fourth-order valence-corrected chi connectivity index (χ4v) is 4.68. The number of carbonyl (C=O) groups excluding carboxylic acids is 2. The molecule has 8 heteroatoms. The van der Waals surface area contributed by atoms with E-state index in [0.717, 1.165) is 46.3 Å². The Bertz CT molecular complexity index is 1170. The summed E-state index contributed by atoms with van der Waals surface area (Å²) in [6, 6.07) is 17.6. The topological polar surface area (TPSA) is 79.3 Å². The Morgan fingerprint density at radius 2 is 1.74 bits per heavy atom. The van der Waals surface area contributed by atoms with E-state index < -0.39 is 0 Å². The lowest BCUT2D eigenvalue weighted by molar-refractivity contribution is -0.125. The highest BCUT2D eigenvalue weighted by molar-refractivity contribution is 6.31. The van der Waals surface area contributed by atoms with Gasteiger partial charge in [0.05, 0.1) is 11.4 Å². The van der Waals surface area contributed by atoms with Crippen molar-refractivity contribution in [3.8, 4) is 5.69 Å². The number of nitrogens with zero attached hydrogens (tertiary/aromatic N) is 3. The summed E-state index contributed by atoms with van der Waals surface area (Å²) in [5.74, 6) is 0.868. The van der Waals surface area contributed by atoms with Gasteiger partial charge in [0.1, 0.15) is 5.69 Å². The number of hydrogen-bond acceptors (Lipinski definition) is 4. The Hall–Kier alpha value is -3.32. The minimum atomic E-state index is -0.0465. The molecule has 1 fully saturated rings. The maximum absolute atomic E-state index is 12.8. The summed E-state index contributed by atoms with van der Waals surface area (Å²) in [5, 5.41) is 11.6.